The molecule has 0 radical (unpaired) electrons. The number of hydrogen-bond donors (Lipinski definition) is 2. The number of thiocarbonyl (C=S) groups is 1. The summed E-state index contributed by atoms with van der Waals surface area (Å²) in [5.41, 5.74) is 4.99. The maximum absolute atomic E-state index is 11.6. The van der Waals surface area contributed by atoms with E-state index in [1.807, 2.05) is 31.4 Å². The van der Waals surface area contributed by atoms with E-state index < -0.39 is 10.0 Å². The average molecular weight is 292 g/mol. The summed E-state index contributed by atoms with van der Waals surface area (Å²) < 4.78 is 25.7. The van der Waals surface area contributed by atoms with E-state index in [9.17, 15) is 8.42 Å². The summed E-state index contributed by atoms with van der Waals surface area (Å²) >= 11 is 6.20. The Morgan fingerprint density at radius 2 is 2.24 bits per heavy atom. The Hall–Kier alpha value is -0.500. The van der Waals surface area contributed by atoms with Crippen LogP contribution < -0.4 is 10.5 Å². The van der Waals surface area contributed by atoms with Crippen LogP contribution >= 0.6 is 23.6 Å². The van der Waals surface area contributed by atoms with Crippen LogP contribution in [0, 0.1) is 0 Å². The van der Waals surface area contributed by atoms with Crippen molar-refractivity contribution in [3.05, 3.63) is 22.4 Å². The van der Waals surface area contributed by atoms with Crippen molar-refractivity contribution in [3.63, 3.8) is 0 Å². The highest BCUT2D eigenvalue weighted by molar-refractivity contribution is 7.92. The van der Waals surface area contributed by atoms with Crippen molar-refractivity contribution in [3.8, 4) is 0 Å². The van der Waals surface area contributed by atoms with Gasteiger partial charge < -0.3 is 5.73 Å². The van der Waals surface area contributed by atoms with Gasteiger partial charge in [0, 0.05) is 16.8 Å². The fourth-order valence-electron chi connectivity index (χ4n) is 1.28. The first-order chi connectivity index (χ1) is 7.73. The molecule has 0 bridgehead atoms. The van der Waals surface area contributed by atoms with E-state index in [0.29, 0.717) is 6.54 Å². The van der Waals surface area contributed by atoms with Gasteiger partial charge in [-0.05, 0) is 11.4 Å². The molecule has 1 aromatic heterocycles. The lowest BCUT2D eigenvalue weighted by molar-refractivity contribution is 0.511. The second-order valence-corrected chi connectivity index (χ2v) is 7.69. The minimum atomic E-state index is -3.42. The van der Waals surface area contributed by atoms with Crippen LogP contribution in [-0.2, 0) is 15.4 Å². The maximum atomic E-state index is 11.6. The largest absolute Gasteiger partial charge is 0.392 e. The van der Waals surface area contributed by atoms with Gasteiger partial charge in [0.25, 0.3) is 0 Å². The van der Waals surface area contributed by atoms with Gasteiger partial charge in [0.2, 0.25) is 10.0 Å². The predicted octanol–water partition coefficient (Wildman–Crippen LogP) is 1.23. The molecule has 4 nitrogen and oxygen atoms in total. The molecule has 0 aromatic carbocycles. The third kappa shape index (κ3) is 4.71. The second kappa shape index (κ2) is 5.43. The van der Waals surface area contributed by atoms with Crippen molar-refractivity contribution >= 4 is 38.6 Å². The Balaban J connectivity index is 2.65. The van der Waals surface area contributed by atoms with E-state index in [1.54, 1.807) is 11.3 Å². The maximum Gasteiger partial charge on any atom is 0.218 e. The fraction of sp³-hybridized carbons (Fsp3) is 0.500. The Morgan fingerprint density at radius 3 is 2.71 bits per heavy atom. The Labute approximate surface area is 111 Å². The monoisotopic (exact) mass is 292 g/mol. The van der Waals surface area contributed by atoms with Crippen LogP contribution in [0.15, 0.2) is 17.5 Å². The Bertz CT molecular complexity index is 478. The summed E-state index contributed by atoms with van der Waals surface area (Å²) in [7, 11) is -3.42. The van der Waals surface area contributed by atoms with E-state index in [0.717, 1.165) is 4.88 Å². The first kappa shape index (κ1) is 14.6. The van der Waals surface area contributed by atoms with Gasteiger partial charge >= 0.3 is 0 Å². The summed E-state index contributed by atoms with van der Waals surface area (Å²) in [4.78, 5) is 1.11. The molecule has 7 heteroatoms. The molecule has 1 heterocycles. The molecule has 0 spiro atoms. The lowest BCUT2D eigenvalue weighted by Gasteiger charge is -2.23. The number of nitrogens with two attached hydrogens (primary N) is 1. The van der Waals surface area contributed by atoms with Gasteiger partial charge in [0.1, 0.15) is 5.75 Å². The van der Waals surface area contributed by atoms with E-state index in [1.165, 1.54) is 0 Å². The zero-order valence-corrected chi connectivity index (χ0v) is 12.2. The molecule has 0 aliphatic rings. The molecular formula is C10H16N2O2S3. The van der Waals surface area contributed by atoms with Gasteiger partial charge in [-0.3, -0.25) is 0 Å². The number of sulfonamides is 1. The smallest absolute Gasteiger partial charge is 0.218 e. The van der Waals surface area contributed by atoms with Gasteiger partial charge in [-0.2, -0.15) is 0 Å². The normalized spacial score (nSPS) is 12.6. The lowest BCUT2D eigenvalue weighted by Crippen LogP contribution is -2.39. The van der Waals surface area contributed by atoms with Gasteiger partial charge in [-0.25, -0.2) is 13.1 Å². The molecule has 0 fully saturated rings. The zero-order valence-electron chi connectivity index (χ0n) is 9.76. The fourth-order valence-corrected chi connectivity index (χ4v) is 3.65. The van der Waals surface area contributed by atoms with Crippen molar-refractivity contribution in [2.24, 2.45) is 5.73 Å². The van der Waals surface area contributed by atoms with Crippen molar-refractivity contribution in [2.45, 2.75) is 19.3 Å². The topological polar surface area (TPSA) is 72.2 Å². The van der Waals surface area contributed by atoms with Crippen LogP contribution in [0.3, 0.4) is 0 Å². The molecule has 96 valence electrons. The molecule has 0 unspecified atom stereocenters. The molecule has 0 aliphatic heterocycles. The molecular weight excluding hydrogens is 276 g/mol. The van der Waals surface area contributed by atoms with Crippen LogP contribution in [0.1, 0.15) is 18.7 Å². The predicted molar refractivity (Wildman–Crippen MR) is 75.9 cm³/mol. The van der Waals surface area contributed by atoms with Crippen molar-refractivity contribution in [1.29, 1.82) is 0 Å². The van der Waals surface area contributed by atoms with E-state index >= 15 is 0 Å². The van der Waals surface area contributed by atoms with Gasteiger partial charge in [-0.15, -0.1) is 11.3 Å². The van der Waals surface area contributed by atoms with Gasteiger partial charge in [-0.1, -0.05) is 32.1 Å². The summed E-state index contributed by atoms with van der Waals surface area (Å²) in [6.07, 6.45) is 0. The van der Waals surface area contributed by atoms with Crippen LogP contribution in [0.5, 0.6) is 0 Å². The minimum absolute atomic E-state index is 0.0218. The van der Waals surface area contributed by atoms with E-state index in [-0.39, 0.29) is 16.2 Å². The van der Waals surface area contributed by atoms with Crippen molar-refractivity contribution in [1.82, 2.24) is 4.72 Å². The number of hydrogen-bond acceptors (Lipinski definition) is 4. The SMILES string of the molecule is CC(C)(CNS(=O)(=O)CC(N)=S)c1cccs1. The van der Waals surface area contributed by atoms with Gasteiger partial charge in [0.15, 0.2) is 0 Å². The summed E-state index contributed by atoms with van der Waals surface area (Å²) in [5, 5.41) is 1.97. The third-order valence-electron chi connectivity index (χ3n) is 2.25. The van der Waals surface area contributed by atoms with Crippen LogP contribution in [0.25, 0.3) is 0 Å². The number of nitrogens with one attached hydrogen (secondary N) is 1. The van der Waals surface area contributed by atoms with Crippen molar-refractivity contribution in [2.75, 3.05) is 12.3 Å². The Morgan fingerprint density at radius 1 is 1.59 bits per heavy atom. The van der Waals surface area contributed by atoms with E-state index in [2.05, 4.69) is 16.9 Å². The van der Waals surface area contributed by atoms with Gasteiger partial charge in [0.05, 0.1) is 4.99 Å². The summed E-state index contributed by atoms with van der Waals surface area (Å²) in [6.45, 7) is 4.31. The molecule has 0 amide bonds. The first-order valence-corrected chi connectivity index (χ1v) is 7.96. The first-order valence-electron chi connectivity index (χ1n) is 5.02. The highest BCUT2D eigenvalue weighted by Crippen LogP contribution is 2.26. The quantitative estimate of drug-likeness (QED) is 0.774. The Kier molecular flexibility index (Phi) is 4.65. The molecule has 1 aromatic rings. The second-order valence-electron chi connectivity index (χ2n) is 4.41. The number of rotatable bonds is 6. The molecule has 1 rings (SSSR count). The average Bonchev–Trinajstić information content (AvgIpc) is 2.66. The third-order valence-corrected chi connectivity index (χ3v) is 5.09. The van der Waals surface area contributed by atoms with E-state index in [4.69, 9.17) is 5.73 Å². The molecule has 0 atom stereocenters. The lowest BCUT2D eigenvalue weighted by atomic mass is 9.92. The standard InChI is InChI=1S/C10H16N2O2S3/c1-10(2,8-4-3-5-16-8)7-12-17(13,14)6-9(11)15/h3-5,12H,6-7H2,1-2H3,(H2,11,15). The summed E-state index contributed by atoms with van der Waals surface area (Å²) in [6, 6.07) is 3.94. The number of thiophene rings is 1. The highest BCUT2D eigenvalue weighted by Gasteiger charge is 2.24. The molecule has 0 saturated carbocycles. The molecule has 0 saturated heterocycles. The highest BCUT2D eigenvalue weighted by atomic mass is 32.2. The van der Waals surface area contributed by atoms with Crippen LogP contribution in [-0.4, -0.2) is 25.7 Å². The summed E-state index contributed by atoms with van der Waals surface area (Å²) in [5.74, 6) is -0.303. The van der Waals surface area contributed by atoms with Crippen molar-refractivity contribution < 1.29 is 8.42 Å². The van der Waals surface area contributed by atoms with Crippen LogP contribution in [0.2, 0.25) is 0 Å². The minimum Gasteiger partial charge on any atom is -0.392 e. The molecule has 3 N–H and O–H groups in total. The molecule has 17 heavy (non-hydrogen) atoms. The van der Waals surface area contributed by atoms with Crippen LogP contribution in [0.4, 0.5) is 0 Å². The molecule has 0 aliphatic carbocycles. The zero-order chi connectivity index (χ0) is 13.1.